The SMILES string of the molecule is Cc1nn(-c2ccc(Oc3ccc(NS(=O)(=O)c4ccccc4Br)cc3)nn2)c(C)c1C. The Morgan fingerprint density at radius 3 is 2.25 bits per heavy atom. The van der Waals surface area contributed by atoms with Crippen LogP contribution >= 0.6 is 15.9 Å². The molecule has 32 heavy (non-hydrogen) atoms. The second kappa shape index (κ2) is 8.71. The zero-order valence-corrected chi connectivity index (χ0v) is 20.0. The first-order valence-corrected chi connectivity index (χ1v) is 11.9. The topological polar surface area (TPSA) is 99.0 Å². The van der Waals surface area contributed by atoms with Crippen LogP contribution in [0.4, 0.5) is 5.69 Å². The zero-order chi connectivity index (χ0) is 22.9. The van der Waals surface area contributed by atoms with E-state index in [1.54, 1.807) is 59.3 Å². The molecule has 0 unspecified atom stereocenters. The van der Waals surface area contributed by atoms with Crippen molar-refractivity contribution in [3.05, 3.63) is 82.1 Å². The largest absolute Gasteiger partial charge is 0.438 e. The Bertz CT molecular complexity index is 1370. The first kappa shape index (κ1) is 22.0. The predicted molar refractivity (Wildman–Crippen MR) is 125 cm³/mol. The maximum absolute atomic E-state index is 12.6. The lowest BCUT2D eigenvalue weighted by molar-refractivity contribution is 0.454. The van der Waals surface area contributed by atoms with Gasteiger partial charge in [-0.3, -0.25) is 4.72 Å². The summed E-state index contributed by atoms with van der Waals surface area (Å²) in [5.74, 6) is 1.41. The van der Waals surface area contributed by atoms with Crippen molar-refractivity contribution in [2.75, 3.05) is 4.72 Å². The minimum Gasteiger partial charge on any atom is -0.438 e. The molecule has 1 N–H and O–H groups in total. The van der Waals surface area contributed by atoms with E-state index in [2.05, 4.69) is 35.9 Å². The highest BCUT2D eigenvalue weighted by Gasteiger charge is 2.17. The maximum Gasteiger partial charge on any atom is 0.263 e. The van der Waals surface area contributed by atoms with Crippen molar-refractivity contribution < 1.29 is 13.2 Å². The van der Waals surface area contributed by atoms with Crippen molar-refractivity contribution in [1.29, 1.82) is 0 Å². The molecule has 0 radical (unpaired) electrons. The van der Waals surface area contributed by atoms with Gasteiger partial charge < -0.3 is 4.74 Å². The lowest BCUT2D eigenvalue weighted by Crippen LogP contribution is -2.13. The lowest BCUT2D eigenvalue weighted by Gasteiger charge is -2.10. The number of sulfonamides is 1. The van der Waals surface area contributed by atoms with Gasteiger partial charge in [0.15, 0.2) is 5.82 Å². The molecular formula is C22H20BrN5O3S. The number of hydrogen-bond acceptors (Lipinski definition) is 6. The van der Waals surface area contributed by atoms with Gasteiger partial charge in [-0.1, -0.05) is 12.1 Å². The Labute approximate surface area is 194 Å². The summed E-state index contributed by atoms with van der Waals surface area (Å²) in [4.78, 5) is 0.161. The fourth-order valence-corrected chi connectivity index (χ4v) is 5.07. The molecule has 10 heteroatoms. The number of ether oxygens (including phenoxy) is 1. The molecule has 2 aromatic carbocycles. The van der Waals surface area contributed by atoms with Gasteiger partial charge in [-0.15, -0.1) is 10.2 Å². The Balaban J connectivity index is 1.46. The summed E-state index contributed by atoms with van der Waals surface area (Å²) >= 11 is 3.27. The van der Waals surface area contributed by atoms with E-state index in [0.29, 0.717) is 27.6 Å². The van der Waals surface area contributed by atoms with Crippen molar-refractivity contribution in [3.63, 3.8) is 0 Å². The molecule has 0 saturated carbocycles. The van der Waals surface area contributed by atoms with Gasteiger partial charge in [0.05, 0.1) is 5.69 Å². The smallest absolute Gasteiger partial charge is 0.263 e. The fraction of sp³-hybridized carbons (Fsp3) is 0.136. The summed E-state index contributed by atoms with van der Waals surface area (Å²) in [7, 11) is -3.72. The Morgan fingerprint density at radius 2 is 1.66 bits per heavy atom. The molecular weight excluding hydrogens is 494 g/mol. The third kappa shape index (κ3) is 4.51. The van der Waals surface area contributed by atoms with Crippen LogP contribution in [-0.4, -0.2) is 28.4 Å². The van der Waals surface area contributed by atoms with Gasteiger partial charge >= 0.3 is 0 Å². The highest BCUT2D eigenvalue weighted by atomic mass is 79.9. The molecule has 0 aliphatic heterocycles. The van der Waals surface area contributed by atoms with Crippen LogP contribution in [0, 0.1) is 20.8 Å². The third-order valence-electron chi connectivity index (χ3n) is 4.95. The number of aryl methyl sites for hydroxylation is 1. The summed E-state index contributed by atoms with van der Waals surface area (Å²) in [6.45, 7) is 5.95. The standard InChI is InChI=1S/C22H20BrN5O3S/c1-14-15(2)26-28(16(14)3)21-12-13-22(25-24-21)31-18-10-8-17(9-11-18)27-32(29,30)20-7-5-4-6-19(20)23/h4-13,27H,1-3H3. The van der Waals surface area contributed by atoms with Crippen LogP contribution < -0.4 is 9.46 Å². The number of halogens is 1. The predicted octanol–water partition coefficient (Wildman–Crippen LogP) is 4.94. The van der Waals surface area contributed by atoms with Gasteiger partial charge in [0.25, 0.3) is 10.0 Å². The summed E-state index contributed by atoms with van der Waals surface area (Å²) in [6, 6.07) is 16.6. The van der Waals surface area contributed by atoms with E-state index in [1.165, 1.54) is 6.07 Å². The molecule has 0 amide bonds. The van der Waals surface area contributed by atoms with Gasteiger partial charge in [0.2, 0.25) is 5.88 Å². The highest BCUT2D eigenvalue weighted by Crippen LogP contribution is 2.26. The Kier molecular flexibility index (Phi) is 5.98. The minimum absolute atomic E-state index is 0.161. The van der Waals surface area contributed by atoms with Crippen LogP contribution in [0.25, 0.3) is 5.82 Å². The van der Waals surface area contributed by atoms with Crippen LogP contribution in [0.1, 0.15) is 17.0 Å². The Hall–Kier alpha value is -3.24. The van der Waals surface area contributed by atoms with Crippen LogP contribution in [-0.2, 0) is 10.0 Å². The number of rotatable bonds is 6. The first-order chi connectivity index (χ1) is 15.2. The van der Waals surface area contributed by atoms with Crippen molar-refractivity contribution in [2.45, 2.75) is 25.7 Å². The zero-order valence-electron chi connectivity index (χ0n) is 17.6. The molecule has 4 rings (SSSR count). The fourth-order valence-electron chi connectivity index (χ4n) is 3.01. The summed E-state index contributed by atoms with van der Waals surface area (Å²) < 4.78 is 35.7. The van der Waals surface area contributed by atoms with E-state index in [0.717, 1.165) is 17.0 Å². The molecule has 2 heterocycles. The molecule has 0 fully saturated rings. The average Bonchev–Trinajstić information content (AvgIpc) is 3.03. The molecule has 0 spiro atoms. The van der Waals surface area contributed by atoms with Gasteiger partial charge in [0, 0.05) is 21.9 Å². The van der Waals surface area contributed by atoms with Crippen LogP contribution in [0.15, 0.2) is 70.0 Å². The molecule has 0 saturated heterocycles. The van der Waals surface area contributed by atoms with Crippen molar-refractivity contribution in [3.8, 4) is 17.4 Å². The van der Waals surface area contributed by atoms with E-state index >= 15 is 0 Å². The number of benzene rings is 2. The van der Waals surface area contributed by atoms with E-state index in [9.17, 15) is 8.42 Å². The molecule has 2 aromatic heterocycles. The molecule has 0 atom stereocenters. The molecule has 0 aliphatic rings. The van der Waals surface area contributed by atoms with E-state index < -0.39 is 10.0 Å². The first-order valence-electron chi connectivity index (χ1n) is 9.67. The van der Waals surface area contributed by atoms with E-state index in [-0.39, 0.29) is 4.90 Å². The van der Waals surface area contributed by atoms with Gasteiger partial charge in [0.1, 0.15) is 10.6 Å². The third-order valence-corrected chi connectivity index (χ3v) is 7.34. The van der Waals surface area contributed by atoms with Crippen LogP contribution in [0.3, 0.4) is 0 Å². The van der Waals surface area contributed by atoms with E-state index in [1.807, 2.05) is 20.8 Å². The van der Waals surface area contributed by atoms with Gasteiger partial charge in [-0.25, -0.2) is 13.1 Å². The molecule has 4 aromatic rings. The average molecular weight is 514 g/mol. The summed E-state index contributed by atoms with van der Waals surface area (Å²) in [5.41, 5.74) is 3.47. The summed E-state index contributed by atoms with van der Waals surface area (Å²) in [5, 5.41) is 12.8. The molecule has 164 valence electrons. The minimum atomic E-state index is -3.72. The number of anilines is 1. The normalized spacial score (nSPS) is 11.4. The highest BCUT2D eigenvalue weighted by molar-refractivity contribution is 9.10. The maximum atomic E-state index is 12.6. The van der Waals surface area contributed by atoms with Gasteiger partial charge in [-0.2, -0.15) is 5.10 Å². The monoisotopic (exact) mass is 513 g/mol. The number of hydrogen-bond donors (Lipinski definition) is 1. The quantitative estimate of drug-likeness (QED) is 0.391. The second-order valence-electron chi connectivity index (χ2n) is 7.10. The number of nitrogens with zero attached hydrogens (tertiary/aromatic N) is 4. The second-order valence-corrected chi connectivity index (χ2v) is 9.60. The molecule has 0 bridgehead atoms. The van der Waals surface area contributed by atoms with Crippen LogP contribution in [0.5, 0.6) is 11.6 Å². The van der Waals surface area contributed by atoms with Crippen molar-refractivity contribution >= 4 is 31.6 Å². The lowest BCUT2D eigenvalue weighted by atomic mass is 10.2. The van der Waals surface area contributed by atoms with Crippen molar-refractivity contribution in [1.82, 2.24) is 20.0 Å². The molecule has 8 nitrogen and oxygen atoms in total. The summed E-state index contributed by atoms with van der Waals surface area (Å²) in [6.07, 6.45) is 0. The van der Waals surface area contributed by atoms with Crippen molar-refractivity contribution in [2.24, 2.45) is 0 Å². The number of nitrogens with one attached hydrogen (secondary N) is 1. The van der Waals surface area contributed by atoms with E-state index in [4.69, 9.17) is 4.74 Å². The Morgan fingerprint density at radius 1 is 0.938 bits per heavy atom. The molecule has 0 aliphatic carbocycles. The number of aromatic nitrogens is 4. The van der Waals surface area contributed by atoms with Crippen LogP contribution in [0.2, 0.25) is 0 Å². The van der Waals surface area contributed by atoms with Gasteiger partial charge in [-0.05, 0) is 84.7 Å².